The molecule has 0 unspecified atom stereocenters. The fraction of sp³-hybridized carbons (Fsp3) is 0.562. The molecule has 0 spiro atoms. The van der Waals surface area contributed by atoms with E-state index in [0.717, 1.165) is 23.5 Å². The molecule has 1 aromatic carbocycles. The minimum atomic E-state index is -0.867. The summed E-state index contributed by atoms with van der Waals surface area (Å²) in [5, 5.41) is 9.13. The van der Waals surface area contributed by atoms with Gasteiger partial charge in [0.25, 0.3) is 0 Å². The Morgan fingerprint density at radius 1 is 1.21 bits per heavy atom. The molecule has 1 aromatic rings. The van der Waals surface area contributed by atoms with Crippen molar-refractivity contribution in [1.29, 1.82) is 0 Å². The van der Waals surface area contributed by atoms with Crippen LogP contribution >= 0.6 is 0 Å². The molecular formula is C16H22O3. The van der Waals surface area contributed by atoms with Crippen LogP contribution in [0.5, 0.6) is 5.75 Å². The highest BCUT2D eigenvalue weighted by Crippen LogP contribution is 2.26. The Labute approximate surface area is 114 Å². The molecule has 0 bridgehead atoms. The molecular weight excluding hydrogens is 240 g/mol. The average Bonchev–Trinajstić information content (AvgIpc) is 2.36. The zero-order valence-corrected chi connectivity index (χ0v) is 11.7. The van der Waals surface area contributed by atoms with E-state index in [2.05, 4.69) is 0 Å². The quantitative estimate of drug-likeness (QED) is 0.893. The lowest BCUT2D eigenvalue weighted by molar-refractivity contribution is 0.0695. The number of ether oxygens (including phenoxy) is 1. The largest absolute Gasteiger partial charge is 0.493 e. The highest BCUT2D eigenvalue weighted by molar-refractivity contribution is 5.91. The van der Waals surface area contributed by atoms with Crippen molar-refractivity contribution in [3.05, 3.63) is 28.8 Å². The van der Waals surface area contributed by atoms with Crippen LogP contribution in [0.25, 0.3) is 0 Å². The minimum Gasteiger partial charge on any atom is -0.493 e. The minimum absolute atomic E-state index is 0.394. The summed E-state index contributed by atoms with van der Waals surface area (Å²) in [6, 6.07) is 3.67. The Morgan fingerprint density at radius 3 is 2.32 bits per heavy atom. The van der Waals surface area contributed by atoms with Gasteiger partial charge in [0.15, 0.2) is 0 Å². The van der Waals surface area contributed by atoms with Crippen molar-refractivity contribution in [2.75, 3.05) is 6.61 Å². The van der Waals surface area contributed by atoms with Crippen LogP contribution in [-0.4, -0.2) is 17.7 Å². The molecule has 19 heavy (non-hydrogen) atoms. The summed E-state index contributed by atoms with van der Waals surface area (Å²) in [6.07, 6.45) is 6.48. The first-order chi connectivity index (χ1) is 9.08. The van der Waals surface area contributed by atoms with Crippen molar-refractivity contribution in [2.45, 2.75) is 46.0 Å². The smallest absolute Gasteiger partial charge is 0.336 e. The van der Waals surface area contributed by atoms with Gasteiger partial charge in [-0.05, 0) is 55.9 Å². The Bertz CT molecular complexity index is 436. The van der Waals surface area contributed by atoms with Crippen molar-refractivity contribution in [3.63, 3.8) is 0 Å². The molecule has 0 aromatic heterocycles. The van der Waals surface area contributed by atoms with Crippen LogP contribution < -0.4 is 4.74 Å². The molecule has 0 aliphatic heterocycles. The van der Waals surface area contributed by atoms with Gasteiger partial charge in [-0.15, -0.1) is 0 Å². The van der Waals surface area contributed by atoms with E-state index < -0.39 is 5.97 Å². The Balaban J connectivity index is 2.03. The first-order valence-corrected chi connectivity index (χ1v) is 7.05. The molecule has 1 aliphatic carbocycles. The van der Waals surface area contributed by atoms with Crippen LogP contribution in [-0.2, 0) is 0 Å². The molecule has 3 nitrogen and oxygen atoms in total. The topological polar surface area (TPSA) is 46.5 Å². The zero-order valence-electron chi connectivity index (χ0n) is 11.7. The number of hydrogen-bond acceptors (Lipinski definition) is 2. The van der Waals surface area contributed by atoms with E-state index in [1.165, 1.54) is 32.1 Å². The molecule has 1 N–H and O–H groups in total. The number of carboxylic acid groups (broad SMARTS) is 1. The lowest BCUT2D eigenvalue weighted by Gasteiger charge is -2.22. The molecule has 0 atom stereocenters. The van der Waals surface area contributed by atoms with Gasteiger partial charge in [-0.2, -0.15) is 0 Å². The fourth-order valence-corrected chi connectivity index (χ4v) is 2.91. The second kappa shape index (κ2) is 6.09. The monoisotopic (exact) mass is 262 g/mol. The molecule has 0 saturated heterocycles. The number of hydrogen-bond donors (Lipinski definition) is 1. The summed E-state index contributed by atoms with van der Waals surface area (Å²) in [4.78, 5) is 11.1. The number of rotatable bonds is 4. The van der Waals surface area contributed by atoms with Gasteiger partial charge in [0, 0.05) is 0 Å². The first kappa shape index (κ1) is 13.9. The maximum Gasteiger partial charge on any atom is 0.336 e. The van der Waals surface area contributed by atoms with Gasteiger partial charge in [-0.3, -0.25) is 0 Å². The summed E-state index contributed by atoms with van der Waals surface area (Å²) in [6.45, 7) is 4.40. The van der Waals surface area contributed by atoms with E-state index in [1.807, 2.05) is 26.0 Å². The van der Waals surface area contributed by atoms with Crippen LogP contribution in [0.3, 0.4) is 0 Å². The van der Waals surface area contributed by atoms with E-state index in [4.69, 9.17) is 9.84 Å². The van der Waals surface area contributed by atoms with Crippen molar-refractivity contribution in [1.82, 2.24) is 0 Å². The first-order valence-electron chi connectivity index (χ1n) is 7.05. The molecule has 0 radical (unpaired) electrons. The molecule has 1 aliphatic rings. The molecule has 1 fully saturated rings. The maximum absolute atomic E-state index is 11.1. The summed E-state index contributed by atoms with van der Waals surface area (Å²) in [7, 11) is 0. The number of aromatic carboxylic acids is 1. The van der Waals surface area contributed by atoms with Gasteiger partial charge in [0.2, 0.25) is 0 Å². The van der Waals surface area contributed by atoms with Gasteiger partial charge in [0.1, 0.15) is 5.75 Å². The van der Waals surface area contributed by atoms with Crippen LogP contribution in [0, 0.1) is 19.8 Å². The van der Waals surface area contributed by atoms with E-state index in [0.29, 0.717) is 11.5 Å². The van der Waals surface area contributed by atoms with E-state index >= 15 is 0 Å². The molecule has 2 rings (SSSR count). The van der Waals surface area contributed by atoms with Crippen molar-refractivity contribution >= 4 is 5.97 Å². The highest BCUT2D eigenvalue weighted by Gasteiger charge is 2.16. The van der Waals surface area contributed by atoms with Crippen LogP contribution in [0.4, 0.5) is 0 Å². The van der Waals surface area contributed by atoms with Gasteiger partial charge in [-0.25, -0.2) is 4.79 Å². The molecule has 3 heteroatoms. The van der Waals surface area contributed by atoms with E-state index in [1.54, 1.807) is 0 Å². The third kappa shape index (κ3) is 3.49. The molecule has 0 heterocycles. The van der Waals surface area contributed by atoms with Crippen LogP contribution in [0.15, 0.2) is 12.1 Å². The predicted molar refractivity (Wildman–Crippen MR) is 74.9 cm³/mol. The van der Waals surface area contributed by atoms with Crippen molar-refractivity contribution in [3.8, 4) is 5.75 Å². The van der Waals surface area contributed by atoms with Gasteiger partial charge < -0.3 is 9.84 Å². The van der Waals surface area contributed by atoms with Crippen molar-refractivity contribution < 1.29 is 14.6 Å². The number of carboxylic acids is 1. The SMILES string of the molecule is Cc1cc(OCC2CCCCC2)cc(C)c1C(=O)O. The van der Waals surface area contributed by atoms with Crippen LogP contribution in [0.2, 0.25) is 0 Å². The standard InChI is InChI=1S/C16H22O3/c1-11-8-14(9-12(2)15(11)16(17)18)19-10-13-6-4-3-5-7-13/h8-9,13H,3-7,10H2,1-2H3,(H,17,18). The highest BCUT2D eigenvalue weighted by atomic mass is 16.5. The Hall–Kier alpha value is -1.51. The molecule has 0 amide bonds. The number of benzene rings is 1. The summed E-state index contributed by atoms with van der Waals surface area (Å²) in [5.41, 5.74) is 1.93. The molecule has 1 saturated carbocycles. The predicted octanol–water partition coefficient (Wildman–Crippen LogP) is 3.96. The van der Waals surface area contributed by atoms with E-state index in [-0.39, 0.29) is 0 Å². The lowest BCUT2D eigenvalue weighted by atomic mass is 9.90. The zero-order chi connectivity index (χ0) is 13.8. The number of carbonyl (C=O) groups is 1. The average molecular weight is 262 g/mol. The van der Waals surface area contributed by atoms with Gasteiger partial charge >= 0.3 is 5.97 Å². The second-order valence-electron chi connectivity index (χ2n) is 5.55. The summed E-state index contributed by atoms with van der Waals surface area (Å²) >= 11 is 0. The normalized spacial score (nSPS) is 16.3. The maximum atomic E-state index is 11.1. The lowest BCUT2D eigenvalue weighted by Crippen LogP contribution is -2.15. The Morgan fingerprint density at radius 2 is 1.79 bits per heavy atom. The molecule has 104 valence electrons. The summed E-state index contributed by atoms with van der Waals surface area (Å²) < 4.78 is 5.85. The third-order valence-electron chi connectivity index (χ3n) is 3.93. The van der Waals surface area contributed by atoms with Gasteiger partial charge in [-0.1, -0.05) is 19.3 Å². The fourth-order valence-electron chi connectivity index (χ4n) is 2.91. The second-order valence-corrected chi connectivity index (χ2v) is 5.55. The van der Waals surface area contributed by atoms with E-state index in [9.17, 15) is 4.79 Å². The summed E-state index contributed by atoms with van der Waals surface area (Å²) in [5.74, 6) is 0.591. The van der Waals surface area contributed by atoms with Crippen molar-refractivity contribution in [2.24, 2.45) is 5.92 Å². The van der Waals surface area contributed by atoms with Crippen LogP contribution in [0.1, 0.15) is 53.6 Å². The third-order valence-corrected chi connectivity index (χ3v) is 3.93. The number of aryl methyl sites for hydroxylation is 2. The Kier molecular flexibility index (Phi) is 4.46. The van der Waals surface area contributed by atoms with Gasteiger partial charge in [0.05, 0.1) is 12.2 Å².